The lowest BCUT2D eigenvalue weighted by atomic mass is 10.0. The van der Waals surface area contributed by atoms with Crippen LogP contribution in [0.1, 0.15) is 23.8 Å². The molecule has 2 unspecified atom stereocenters. The molecule has 2 atom stereocenters. The Labute approximate surface area is 119 Å². The van der Waals surface area contributed by atoms with E-state index in [1.54, 1.807) is 7.11 Å². The number of methoxy groups -OCH3 is 1. The Hall–Kier alpha value is -1.36. The zero-order valence-corrected chi connectivity index (χ0v) is 12.1. The van der Waals surface area contributed by atoms with E-state index in [-0.39, 0.29) is 6.04 Å². The van der Waals surface area contributed by atoms with Crippen LogP contribution in [-0.4, -0.2) is 37.7 Å². The number of hydrogen-bond acceptors (Lipinski definition) is 4. The van der Waals surface area contributed by atoms with Gasteiger partial charge in [0.15, 0.2) is 0 Å². The second-order valence-electron chi connectivity index (χ2n) is 5.46. The highest BCUT2D eigenvalue weighted by molar-refractivity contribution is 5.82. The SMILES string of the molecule is COC1CCN(C(CN)c2c(C)oc3ccccc23)C1. The lowest BCUT2D eigenvalue weighted by Crippen LogP contribution is -2.33. The molecule has 0 saturated carbocycles. The van der Waals surface area contributed by atoms with E-state index < -0.39 is 0 Å². The number of nitrogens with zero attached hydrogens (tertiary/aromatic N) is 1. The van der Waals surface area contributed by atoms with Crippen LogP contribution in [0, 0.1) is 6.92 Å². The number of furan rings is 1. The van der Waals surface area contributed by atoms with Crippen molar-refractivity contribution in [1.29, 1.82) is 0 Å². The molecule has 4 heteroatoms. The van der Waals surface area contributed by atoms with Crippen LogP contribution in [-0.2, 0) is 4.74 Å². The van der Waals surface area contributed by atoms with E-state index in [2.05, 4.69) is 17.0 Å². The largest absolute Gasteiger partial charge is 0.461 e. The molecule has 0 amide bonds. The van der Waals surface area contributed by atoms with Gasteiger partial charge in [0.2, 0.25) is 0 Å². The predicted octanol–water partition coefficient (Wildman–Crippen LogP) is 2.46. The van der Waals surface area contributed by atoms with Gasteiger partial charge in [-0.2, -0.15) is 0 Å². The maximum absolute atomic E-state index is 6.07. The molecule has 1 aliphatic heterocycles. The number of para-hydroxylation sites is 1. The number of ether oxygens (including phenoxy) is 1. The maximum Gasteiger partial charge on any atom is 0.134 e. The molecule has 108 valence electrons. The van der Waals surface area contributed by atoms with E-state index in [1.165, 1.54) is 10.9 Å². The van der Waals surface area contributed by atoms with E-state index in [4.69, 9.17) is 14.9 Å². The quantitative estimate of drug-likeness (QED) is 0.930. The average Bonchev–Trinajstić information content (AvgIpc) is 3.05. The van der Waals surface area contributed by atoms with Crippen molar-refractivity contribution in [2.24, 2.45) is 5.73 Å². The normalized spacial score (nSPS) is 21.6. The van der Waals surface area contributed by atoms with Crippen molar-refractivity contribution < 1.29 is 9.15 Å². The Morgan fingerprint density at radius 3 is 2.95 bits per heavy atom. The number of nitrogens with two attached hydrogens (primary N) is 1. The van der Waals surface area contributed by atoms with Crippen molar-refractivity contribution in [3.05, 3.63) is 35.6 Å². The number of likely N-dealkylation sites (tertiary alicyclic amines) is 1. The molecule has 2 heterocycles. The minimum atomic E-state index is 0.207. The van der Waals surface area contributed by atoms with Crippen LogP contribution in [0.15, 0.2) is 28.7 Å². The van der Waals surface area contributed by atoms with Crippen molar-refractivity contribution in [2.45, 2.75) is 25.5 Å². The molecule has 0 aliphatic carbocycles. The first-order valence-corrected chi connectivity index (χ1v) is 7.19. The van der Waals surface area contributed by atoms with Crippen LogP contribution in [0.5, 0.6) is 0 Å². The van der Waals surface area contributed by atoms with E-state index >= 15 is 0 Å². The van der Waals surface area contributed by atoms with Crippen molar-refractivity contribution >= 4 is 11.0 Å². The summed E-state index contributed by atoms with van der Waals surface area (Å²) in [7, 11) is 1.78. The van der Waals surface area contributed by atoms with Crippen LogP contribution in [0.25, 0.3) is 11.0 Å². The smallest absolute Gasteiger partial charge is 0.134 e. The molecule has 4 nitrogen and oxygen atoms in total. The molecule has 0 bridgehead atoms. The molecule has 0 radical (unpaired) electrons. The number of fused-ring (bicyclic) bond motifs is 1. The highest BCUT2D eigenvalue weighted by atomic mass is 16.5. The molecule has 2 aromatic rings. The van der Waals surface area contributed by atoms with Crippen LogP contribution < -0.4 is 5.73 Å². The van der Waals surface area contributed by atoms with Crippen LogP contribution >= 0.6 is 0 Å². The molecule has 3 rings (SSSR count). The van der Waals surface area contributed by atoms with E-state index in [0.29, 0.717) is 12.6 Å². The third kappa shape index (κ3) is 2.24. The molecule has 20 heavy (non-hydrogen) atoms. The third-order valence-corrected chi connectivity index (χ3v) is 4.33. The number of benzene rings is 1. The Morgan fingerprint density at radius 2 is 2.25 bits per heavy atom. The molecular formula is C16H22N2O2. The minimum absolute atomic E-state index is 0.207. The van der Waals surface area contributed by atoms with Gasteiger partial charge in [-0.1, -0.05) is 18.2 Å². The summed E-state index contributed by atoms with van der Waals surface area (Å²) in [4.78, 5) is 2.42. The summed E-state index contributed by atoms with van der Waals surface area (Å²) in [5.41, 5.74) is 8.25. The summed E-state index contributed by atoms with van der Waals surface area (Å²) in [6, 6.07) is 8.40. The summed E-state index contributed by atoms with van der Waals surface area (Å²) in [6.07, 6.45) is 1.39. The maximum atomic E-state index is 6.07. The predicted molar refractivity (Wildman–Crippen MR) is 79.7 cm³/mol. The van der Waals surface area contributed by atoms with Gasteiger partial charge in [0.05, 0.1) is 12.1 Å². The van der Waals surface area contributed by atoms with E-state index in [1.807, 2.05) is 19.1 Å². The van der Waals surface area contributed by atoms with Crippen molar-refractivity contribution in [2.75, 3.05) is 26.7 Å². The Kier molecular flexibility index (Phi) is 3.78. The third-order valence-electron chi connectivity index (χ3n) is 4.33. The number of aryl methyl sites for hydroxylation is 1. The van der Waals surface area contributed by atoms with Gasteiger partial charge < -0.3 is 14.9 Å². The number of hydrogen-bond donors (Lipinski definition) is 1. The molecule has 0 spiro atoms. The molecule has 2 N–H and O–H groups in total. The van der Waals surface area contributed by atoms with Gasteiger partial charge in [-0.25, -0.2) is 0 Å². The van der Waals surface area contributed by atoms with Gasteiger partial charge in [-0.15, -0.1) is 0 Å². The molecule has 1 fully saturated rings. The van der Waals surface area contributed by atoms with Gasteiger partial charge in [-0.05, 0) is 19.4 Å². The number of rotatable bonds is 4. The van der Waals surface area contributed by atoms with Gasteiger partial charge in [-0.3, -0.25) is 4.90 Å². The van der Waals surface area contributed by atoms with Crippen LogP contribution in [0.2, 0.25) is 0 Å². The Balaban J connectivity index is 1.97. The zero-order valence-electron chi connectivity index (χ0n) is 12.1. The van der Waals surface area contributed by atoms with Crippen LogP contribution in [0.3, 0.4) is 0 Å². The van der Waals surface area contributed by atoms with E-state index in [9.17, 15) is 0 Å². The van der Waals surface area contributed by atoms with Gasteiger partial charge >= 0.3 is 0 Å². The van der Waals surface area contributed by atoms with E-state index in [0.717, 1.165) is 30.9 Å². The Bertz CT molecular complexity index is 593. The lowest BCUT2D eigenvalue weighted by molar-refractivity contribution is 0.101. The second-order valence-corrected chi connectivity index (χ2v) is 5.46. The molecule has 1 aromatic heterocycles. The second kappa shape index (κ2) is 5.56. The average molecular weight is 274 g/mol. The lowest BCUT2D eigenvalue weighted by Gasteiger charge is -2.26. The zero-order chi connectivity index (χ0) is 14.1. The van der Waals surface area contributed by atoms with Gasteiger partial charge in [0, 0.05) is 37.7 Å². The summed E-state index contributed by atoms with van der Waals surface area (Å²) < 4.78 is 11.3. The molecule has 1 aromatic carbocycles. The standard InChI is InChI=1S/C16H22N2O2/c1-11-16(13-5-3-4-6-15(13)20-11)14(9-17)18-8-7-12(10-18)19-2/h3-6,12,14H,7-10,17H2,1-2H3. The topological polar surface area (TPSA) is 51.6 Å². The van der Waals surface area contributed by atoms with Gasteiger partial charge in [0.25, 0.3) is 0 Å². The first kappa shape index (κ1) is 13.6. The van der Waals surface area contributed by atoms with Crippen molar-refractivity contribution in [3.8, 4) is 0 Å². The molecule has 1 aliphatic rings. The fourth-order valence-corrected chi connectivity index (χ4v) is 3.28. The summed E-state index contributed by atoms with van der Waals surface area (Å²) >= 11 is 0. The van der Waals surface area contributed by atoms with Crippen molar-refractivity contribution in [1.82, 2.24) is 4.90 Å². The van der Waals surface area contributed by atoms with Crippen molar-refractivity contribution in [3.63, 3.8) is 0 Å². The summed E-state index contributed by atoms with van der Waals surface area (Å²) in [5.74, 6) is 0.975. The van der Waals surface area contributed by atoms with Gasteiger partial charge in [0.1, 0.15) is 11.3 Å². The van der Waals surface area contributed by atoms with Crippen LogP contribution in [0.4, 0.5) is 0 Å². The summed E-state index contributed by atoms with van der Waals surface area (Å²) in [6.45, 7) is 4.60. The summed E-state index contributed by atoms with van der Waals surface area (Å²) in [5, 5.41) is 1.18. The minimum Gasteiger partial charge on any atom is -0.461 e. The Morgan fingerprint density at radius 1 is 1.45 bits per heavy atom. The first-order chi connectivity index (χ1) is 9.74. The fourth-order valence-electron chi connectivity index (χ4n) is 3.28. The first-order valence-electron chi connectivity index (χ1n) is 7.19. The fraction of sp³-hybridized carbons (Fsp3) is 0.500. The highest BCUT2D eigenvalue weighted by Crippen LogP contribution is 2.34. The highest BCUT2D eigenvalue weighted by Gasteiger charge is 2.31. The molecule has 1 saturated heterocycles. The molecular weight excluding hydrogens is 252 g/mol. The monoisotopic (exact) mass is 274 g/mol.